The minimum absolute atomic E-state index is 0.0371. The predicted octanol–water partition coefficient (Wildman–Crippen LogP) is 1.89. The molecule has 1 aromatic rings. The first kappa shape index (κ1) is 17.3. The molecule has 1 aliphatic rings. The lowest BCUT2D eigenvalue weighted by Crippen LogP contribution is -2.29. The molecule has 2 atom stereocenters. The Bertz CT molecular complexity index is 560. The monoisotopic (exact) mass is 321 g/mol. The van der Waals surface area contributed by atoms with Gasteiger partial charge in [0.25, 0.3) is 5.91 Å². The van der Waals surface area contributed by atoms with E-state index in [1.165, 1.54) is 0 Å². The van der Waals surface area contributed by atoms with Crippen molar-refractivity contribution in [3.05, 3.63) is 29.8 Å². The zero-order chi connectivity index (χ0) is 16.8. The molecule has 0 bridgehead atoms. The number of amides is 1. The quantitative estimate of drug-likeness (QED) is 0.776. The fourth-order valence-electron chi connectivity index (χ4n) is 2.75. The summed E-state index contributed by atoms with van der Waals surface area (Å²) in [5.74, 6) is -0.891. The summed E-state index contributed by atoms with van der Waals surface area (Å²) in [4.78, 5) is 25.3. The molecule has 0 saturated carbocycles. The van der Waals surface area contributed by atoms with Crippen LogP contribution in [0.4, 0.5) is 0 Å². The van der Waals surface area contributed by atoms with Gasteiger partial charge in [0.1, 0.15) is 5.75 Å². The van der Waals surface area contributed by atoms with Gasteiger partial charge in [-0.05, 0) is 24.1 Å². The van der Waals surface area contributed by atoms with E-state index in [1.807, 2.05) is 6.92 Å². The lowest BCUT2D eigenvalue weighted by atomic mass is 9.99. The molecule has 1 N–H and O–H groups in total. The van der Waals surface area contributed by atoms with Gasteiger partial charge in [0.05, 0.1) is 12.5 Å². The molecule has 2 rings (SSSR count). The number of hydrogen-bond acceptors (Lipinski definition) is 4. The fraction of sp³-hybridized carbons (Fsp3) is 0.529. The van der Waals surface area contributed by atoms with E-state index in [1.54, 1.807) is 36.3 Å². The molecule has 0 spiro atoms. The van der Waals surface area contributed by atoms with Gasteiger partial charge in [-0.2, -0.15) is 0 Å². The van der Waals surface area contributed by atoms with Crippen LogP contribution in [0, 0.1) is 11.8 Å². The van der Waals surface area contributed by atoms with Crippen molar-refractivity contribution in [3.63, 3.8) is 0 Å². The average Bonchev–Trinajstić information content (AvgIpc) is 2.93. The number of carbonyl (C=O) groups is 2. The standard InChI is InChI=1S/C17H23NO5/c1-12-10-18(11-15(12)17(20)21)16(19)13-5-3-6-14(9-13)23-8-4-7-22-2/h3,5-6,9,12,15H,4,7-8,10-11H2,1-2H3,(H,20,21)/t12-,15-/m1/s1. The van der Waals surface area contributed by atoms with Gasteiger partial charge in [0.2, 0.25) is 0 Å². The number of aliphatic carboxylic acids is 1. The molecule has 0 unspecified atom stereocenters. The van der Waals surface area contributed by atoms with E-state index in [2.05, 4.69) is 0 Å². The van der Waals surface area contributed by atoms with Gasteiger partial charge in [0.15, 0.2) is 0 Å². The normalized spacial score (nSPS) is 20.5. The number of carboxylic acid groups (broad SMARTS) is 1. The minimum atomic E-state index is -0.844. The first-order valence-corrected chi connectivity index (χ1v) is 7.76. The molecule has 0 radical (unpaired) electrons. The Morgan fingerprint density at radius 1 is 1.30 bits per heavy atom. The summed E-state index contributed by atoms with van der Waals surface area (Å²) >= 11 is 0. The summed E-state index contributed by atoms with van der Waals surface area (Å²) < 4.78 is 10.6. The number of carboxylic acids is 1. The Hall–Kier alpha value is -2.08. The van der Waals surface area contributed by atoms with Crippen molar-refractivity contribution >= 4 is 11.9 Å². The molecule has 1 saturated heterocycles. The summed E-state index contributed by atoms with van der Waals surface area (Å²) in [6.07, 6.45) is 0.776. The van der Waals surface area contributed by atoms with E-state index in [0.717, 1.165) is 6.42 Å². The molecule has 6 nitrogen and oxygen atoms in total. The molecule has 1 fully saturated rings. The highest BCUT2D eigenvalue weighted by Gasteiger charge is 2.37. The molecule has 1 aromatic carbocycles. The number of carbonyl (C=O) groups excluding carboxylic acids is 1. The number of methoxy groups -OCH3 is 1. The van der Waals surface area contributed by atoms with Crippen LogP contribution in [0.2, 0.25) is 0 Å². The molecule has 23 heavy (non-hydrogen) atoms. The minimum Gasteiger partial charge on any atom is -0.493 e. The summed E-state index contributed by atoms with van der Waals surface area (Å²) in [6, 6.07) is 7.00. The molecule has 1 aliphatic heterocycles. The third-order valence-electron chi connectivity index (χ3n) is 4.06. The number of rotatable bonds is 7. The van der Waals surface area contributed by atoms with Crippen LogP contribution < -0.4 is 4.74 Å². The van der Waals surface area contributed by atoms with Crippen molar-refractivity contribution in [2.24, 2.45) is 11.8 Å². The van der Waals surface area contributed by atoms with Gasteiger partial charge in [-0.3, -0.25) is 9.59 Å². The Kier molecular flexibility index (Phi) is 5.98. The average molecular weight is 321 g/mol. The molecule has 0 aliphatic carbocycles. The van der Waals surface area contributed by atoms with E-state index in [0.29, 0.717) is 31.1 Å². The van der Waals surface area contributed by atoms with Crippen molar-refractivity contribution in [1.29, 1.82) is 0 Å². The third kappa shape index (κ3) is 4.45. The highest BCUT2D eigenvalue weighted by molar-refractivity contribution is 5.95. The SMILES string of the molecule is COCCCOc1cccc(C(=O)N2C[C@@H](C)[C@H](C(=O)O)C2)c1. The van der Waals surface area contributed by atoms with Crippen LogP contribution in [0.1, 0.15) is 23.7 Å². The van der Waals surface area contributed by atoms with Crippen LogP contribution in [0.3, 0.4) is 0 Å². The van der Waals surface area contributed by atoms with Crippen molar-refractivity contribution < 1.29 is 24.2 Å². The van der Waals surface area contributed by atoms with Crippen LogP contribution in [-0.4, -0.2) is 55.3 Å². The first-order chi connectivity index (χ1) is 11.0. The summed E-state index contributed by atoms with van der Waals surface area (Å²) in [5.41, 5.74) is 0.521. The van der Waals surface area contributed by atoms with Crippen LogP contribution in [0.5, 0.6) is 5.75 Å². The van der Waals surface area contributed by atoms with E-state index in [-0.39, 0.29) is 18.4 Å². The van der Waals surface area contributed by atoms with Gasteiger partial charge in [-0.1, -0.05) is 13.0 Å². The maximum absolute atomic E-state index is 12.5. The van der Waals surface area contributed by atoms with Gasteiger partial charge in [-0.15, -0.1) is 0 Å². The summed E-state index contributed by atoms with van der Waals surface area (Å²) in [6.45, 7) is 3.73. The van der Waals surface area contributed by atoms with E-state index < -0.39 is 11.9 Å². The van der Waals surface area contributed by atoms with Crippen molar-refractivity contribution in [3.8, 4) is 5.75 Å². The third-order valence-corrected chi connectivity index (χ3v) is 4.06. The Morgan fingerprint density at radius 3 is 2.74 bits per heavy atom. The number of nitrogens with zero attached hydrogens (tertiary/aromatic N) is 1. The topological polar surface area (TPSA) is 76.1 Å². The van der Waals surface area contributed by atoms with Gasteiger partial charge in [0, 0.05) is 38.8 Å². The zero-order valence-corrected chi connectivity index (χ0v) is 13.5. The van der Waals surface area contributed by atoms with Crippen molar-refractivity contribution in [1.82, 2.24) is 4.90 Å². The molecule has 0 aromatic heterocycles. The second-order valence-electron chi connectivity index (χ2n) is 5.85. The maximum Gasteiger partial charge on any atom is 0.308 e. The number of benzene rings is 1. The summed E-state index contributed by atoms with van der Waals surface area (Å²) in [5, 5.41) is 9.17. The highest BCUT2D eigenvalue weighted by Crippen LogP contribution is 2.25. The highest BCUT2D eigenvalue weighted by atomic mass is 16.5. The van der Waals surface area contributed by atoms with Crippen molar-refractivity contribution in [2.45, 2.75) is 13.3 Å². The second kappa shape index (κ2) is 7.97. The predicted molar refractivity (Wildman–Crippen MR) is 84.6 cm³/mol. The lowest BCUT2D eigenvalue weighted by Gasteiger charge is -2.16. The Morgan fingerprint density at radius 2 is 2.09 bits per heavy atom. The van der Waals surface area contributed by atoms with Crippen LogP contribution in [0.25, 0.3) is 0 Å². The lowest BCUT2D eigenvalue weighted by molar-refractivity contribution is -0.142. The second-order valence-corrected chi connectivity index (χ2v) is 5.85. The Balaban J connectivity index is 1.98. The largest absolute Gasteiger partial charge is 0.493 e. The molecule has 126 valence electrons. The van der Waals surface area contributed by atoms with E-state index in [4.69, 9.17) is 9.47 Å². The van der Waals surface area contributed by atoms with Gasteiger partial charge in [-0.25, -0.2) is 0 Å². The summed E-state index contributed by atoms with van der Waals surface area (Å²) in [7, 11) is 1.64. The van der Waals surface area contributed by atoms with E-state index >= 15 is 0 Å². The van der Waals surface area contributed by atoms with Crippen LogP contribution >= 0.6 is 0 Å². The Labute approximate surface area is 136 Å². The van der Waals surface area contributed by atoms with Crippen LogP contribution in [-0.2, 0) is 9.53 Å². The molecule has 6 heteroatoms. The molecule has 1 heterocycles. The van der Waals surface area contributed by atoms with E-state index in [9.17, 15) is 14.7 Å². The molecular formula is C17H23NO5. The maximum atomic E-state index is 12.5. The zero-order valence-electron chi connectivity index (χ0n) is 13.5. The van der Waals surface area contributed by atoms with Crippen molar-refractivity contribution in [2.75, 3.05) is 33.4 Å². The molecule has 1 amide bonds. The van der Waals surface area contributed by atoms with Gasteiger partial charge < -0.3 is 19.5 Å². The van der Waals surface area contributed by atoms with Gasteiger partial charge >= 0.3 is 5.97 Å². The first-order valence-electron chi connectivity index (χ1n) is 7.76. The number of hydrogen-bond donors (Lipinski definition) is 1. The number of ether oxygens (including phenoxy) is 2. The molecular weight excluding hydrogens is 298 g/mol. The smallest absolute Gasteiger partial charge is 0.308 e. The fourth-order valence-corrected chi connectivity index (χ4v) is 2.75. The number of likely N-dealkylation sites (tertiary alicyclic amines) is 1. The van der Waals surface area contributed by atoms with Crippen LogP contribution in [0.15, 0.2) is 24.3 Å².